The van der Waals surface area contributed by atoms with Crippen LogP contribution in [-0.2, 0) is 24.0 Å². The van der Waals surface area contributed by atoms with Crippen LogP contribution in [0.4, 0.5) is 0 Å². The number of carbonyl (C=O) groups is 1. The summed E-state index contributed by atoms with van der Waals surface area (Å²) in [6.45, 7) is 16.2. The van der Waals surface area contributed by atoms with Gasteiger partial charge in [-0.1, -0.05) is 20.8 Å². The molecule has 2 aromatic rings. The molecule has 8 heteroatoms. The number of aromatic nitrogens is 2. The van der Waals surface area contributed by atoms with E-state index < -0.39 is 8.32 Å². The standard InChI is InChI=1S/C25H34N4O3Si/c1-18(30)22-12-24(31-17-20-11-19(13-26)14-27-15-20)21-7-8-29(16-23(21)28-22)9-10-32-33(5,6)25(2,3)4/h11-12,14-15H,7-10,16-17H2,1-6H3. The van der Waals surface area contributed by atoms with E-state index in [1.165, 1.54) is 13.1 Å². The maximum absolute atomic E-state index is 12.1. The molecule has 0 saturated carbocycles. The van der Waals surface area contributed by atoms with Gasteiger partial charge in [-0.2, -0.15) is 5.26 Å². The molecule has 0 aliphatic carbocycles. The van der Waals surface area contributed by atoms with Crippen LogP contribution in [-0.4, -0.2) is 48.7 Å². The smallest absolute Gasteiger partial charge is 0.192 e. The molecule has 0 fully saturated rings. The number of rotatable bonds is 8. The minimum Gasteiger partial charge on any atom is -0.488 e. The zero-order valence-corrected chi connectivity index (χ0v) is 21.6. The molecule has 0 unspecified atom stereocenters. The molecule has 0 atom stereocenters. The SMILES string of the molecule is CC(=O)c1cc(OCc2cncc(C#N)c2)c2c(n1)CN(CCO[Si](C)(C)C(C)(C)C)CC2. The minimum atomic E-state index is -1.78. The van der Waals surface area contributed by atoms with Gasteiger partial charge in [0.25, 0.3) is 0 Å². The van der Waals surface area contributed by atoms with Crippen molar-refractivity contribution in [3.8, 4) is 11.8 Å². The Morgan fingerprint density at radius 1 is 1.27 bits per heavy atom. The molecular weight excluding hydrogens is 432 g/mol. The van der Waals surface area contributed by atoms with Gasteiger partial charge in [0.15, 0.2) is 14.1 Å². The van der Waals surface area contributed by atoms with Gasteiger partial charge in [0, 0.05) is 62.8 Å². The van der Waals surface area contributed by atoms with Crippen molar-refractivity contribution in [3.63, 3.8) is 0 Å². The average Bonchev–Trinajstić information content (AvgIpc) is 2.76. The summed E-state index contributed by atoms with van der Waals surface area (Å²) in [6, 6.07) is 5.59. The maximum Gasteiger partial charge on any atom is 0.192 e. The lowest BCUT2D eigenvalue weighted by Gasteiger charge is -2.37. The molecule has 1 aliphatic rings. The third-order valence-electron chi connectivity index (χ3n) is 6.58. The van der Waals surface area contributed by atoms with Gasteiger partial charge in [0.2, 0.25) is 0 Å². The van der Waals surface area contributed by atoms with Crippen LogP contribution >= 0.6 is 0 Å². The molecule has 0 N–H and O–H groups in total. The molecule has 0 radical (unpaired) electrons. The van der Waals surface area contributed by atoms with E-state index in [2.05, 4.69) is 54.8 Å². The molecule has 2 aromatic heterocycles. The highest BCUT2D eigenvalue weighted by molar-refractivity contribution is 6.74. The topological polar surface area (TPSA) is 88.3 Å². The van der Waals surface area contributed by atoms with E-state index in [-0.39, 0.29) is 17.4 Å². The Kier molecular flexibility index (Phi) is 7.68. The maximum atomic E-state index is 12.1. The molecule has 0 aromatic carbocycles. The Balaban J connectivity index is 1.71. The van der Waals surface area contributed by atoms with Crippen LogP contribution in [0.2, 0.25) is 18.1 Å². The second-order valence-corrected chi connectivity index (χ2v) is 14.9. The predicted molar refractivity (Wildman–Crippen MR) is 130 cm³/mol. The predicted octanol–water partition coefficient (Wildman–Crippen LogP) is 4.51. The molecule has 3 rings (SSSR count). The third kappa shape index (κ3) is 6.25. The lowest BCUT2D eigenvalue weighted by atomic mass is 10.0. The normalized spacial score (nSPS) is 14.5. The van der Waals surface area contributed by atoms with Gasteiger partial charge in [0.05, 0.1) is 11.3 Å². The fourth-order valence-corrected chi connectivity index (χ4v) is 4.53. The van der Waals surface area contributed by atoms with Gasteiger partial charge in [-0.3, -0.25) is 14.7 Å². The number of carbonyl (C=O) groups excluding carboxylic acids is 1. The molecular formula is C25H34N4O3Si. The summed E-state index contributed by atoms with van der Waals surface area (Å²) in [5.41, 5.74) is 3.65. The second-order valence-electron chi connectivity index (χ2n) is 10.1. The average molecular weight is 467 g/mol. The van der Waals surface area contributed by atoms with Gasteiger partial charge >= 0.3 is 0 Å². The van der Waals surface area contributed by atoms with Crippen molar-refractivity contribution < 1.29 is 14.0 Å². The van der Waals surface area contributed by atoms with Gasteiger partial charge in [-0.15, -0.1) is 0 Å². The highest BCUT2D eigenvalue weighted by atomic mass is 28.4. The molecule has 1 aliphatic heterocycles. The highest BCUT2D eigenvalue weighted by Crippen LogP contribution is 2.36. The van der Waals surface area contributed by atoms with E-state index >= 15 is 0 Å². The Bertz CT molecular complexity index is 1060. The number of pyridine rings is 2. The van der Waals surface area contributed by atoms with Crippen molar-refractivity contribution in [1.29, 1.82) is 5.26 Å². The molecule has 3 heterocycles. The van der Waals surface area contributed by atoms with Crippen molar-refractivity contribution in [2.24, 2.45) is 0 Å². The van der Waals surface area contributed by atoms with Crippen molar-refractivity contribution in [2.45, 2.75) is 65.4 Å². The van der Waals surface area contributed by atoms with E-state index in [0.29, 0.717) is 30.2 Å². The van der Waals surface area contributed by atoms with Crippen LogP contribution in [0, 0.1) is 11.3 Å². The van der Waals surface area contributed by atoms with Crippen LogP contribution in [0.5, 0.6) is 5.75 Å². The van der Waals surface area contributed by atoms with Crippen molar-refractivity contribution in [1.82, 2.24) is 14.9 Å². The van der Waals surface area contributed by atoms with Crippen LogP contribution < -0.4 is 4.74 Å². The number of nitrogens with zero attached hydrogens (tertiary/aromatic N) is 4. The fourth-order valence-electron chi connectivity index (χ4n) is 3.49. The fraction of sp³-hybridized carbons (Fsp3) is 0.520. The number of hydrogen-bond donors (Lipinski definition) is 0. The van der Waals surface area contributed by atoms with Crippen molar-refractivity contribution >= 4 is 14.1 Å². The third-order valence-corrected chi connectivity index (χ3v) is 11.1. The van der Waals surface area contributed by atoms with Gasteiger partial charge < -0.3 is 9.16 Å². The van der Waals surface area contributed by atoms with Crippen LogP contribution in [0.1, 0.15) is 60.6 Å². The number of nitriles is 1. The van der Waals surface area contributed by atoms with Crippen molar-refractivity contribution in [2.75, 3.05) is 19.7 Å². The minimum absolute atomic E-state index is 0.0887. The van der Waals surface area contributed by atoms with E-state index in [1.807, 2.05) is 0 Å². The Morgan fingerprint density at radius 2 is 2.03 bits per heavy atom. The number of ether oxygens (including phenoxy) is 1. The molecule has 0 spiro atoms. The number of ketones is 1. The Morgan fingerprint density at radius 3 is 2.70 bits per heavy atom. The number of fused-ring (bicyclic) bond motifs is 1. The summed E-state index contributed by atoms with van der Waals surface area (Å²) in [6.07, 6.45) is 4.01. The molecule has 176 valence electrons. The Labute approximate surface area is 197 Å². The summed E-state index contributed by atoms with van der Waals surface area (Å²) in [7, 11) is -1.78. The van der Waals surface area contributed by atoms with E-state index in [0.717, 1.165) is 36.3 Å². The zero-order valence-electron chi connectivity index (χ0n) is 20.6. The lowest BCUT2D eigenvalue weighted by Crippen LogP contribution is -2.43. The van der Waals surface area contributed by atoms with Crippen LogP contribution in [0.25, 0.3) is 0 Å². The first-order valence-electron chi connectivity index (χ1n) is 11.4. The summed E-state index contributed by atoms with van der Waals surface area (Å²) in [5.74, 6) is 0.596. The van der Waals surface area contributed by atoms with Gasteiger partial charge in [-0.25, -0.2) is 4.98 Å². The molecule has 0 saturated heterocycles. The summed E-state index contributed by atoms with van der Waals surface area (Å²) in [4.78, 5) is 23.2. The zero-order chi connectivity index (χ0) is 24.2. The second kappa shape index (κ2) is 10.1. The summed E-state index contributed by atoms with van der Waals surface area (Å²) in [5, 5.41) is 9.27. The summed E-state index contributed by atoms with van der Waals surface area (Å²) < 4.78 is 12.4. The molecule has 0 bridgehead atoms. The molecule has 33 heavy (non-hydrogen) atoms. The van der Waals surface area contributed by atoms with Crippen LogP contribution in [0.15, 0.2) is 24.5 Å². The molecule has 0 amide bonds. The lowest BCUT2D eigenvalue weighted by molar-refractivity contribution is 0.101. The van der Waals surface area contributed by atoms with E-state index in [9.17, 15) is 4.79 Å². The van der Waals surface area contributed by atoms with Crippen molar-refractivity contribution in [3.05, 3.63) is 52.6 Å². The highest BCUT2D eigenvalue weighted by Gasteiger charge is 2.37. The van der Waals surface area contributed by atoms with Crippen LogP contribution in [0.3, 0.4) is 0 Å². The van der Waals surface area contributed by atoms with Gasteiger partial charge in [0.1, 0.15) is 24.1 Å². The van der Waals surface area contributed by atoms with E-state index in [4.69, 9.17) is 14.4 Å². The Hall–Kier alpha value is -2.60. The first-order chi connectivity index (χ1) is 15.5. The number of hydrogen-bond acceptors (Lipinski definition) is 7. The summed E-state index contributed by atoms with van der Waals surface area (Å²) >= 11 is 0. The van der Waals surface area contributed by atoms with Gasteiger partial charge in [-0.05, 0) is 30.6 Å². The number of Topliss-reactive ketones (excluding diaryl/α,β-unsaturated/α-hetero) is 1. The first-order valence-corrected chi connectivity index (χ1v) is 14.3. The molecule has 7 nitrogen and oxygen atoms in total. The first kappa shape index (κ1) is 25.0. The monoisotopic (exact) mass is 466 g/mol. The quantitative estimate of drug-likeness (QED) is 0.418. The van der Waals surface area contributed by atoms with E-state index in [1.54, 1.807) is 18.3 Å². The largest absolute Gasteiger partial charge is 0.488 e.